The van der Waals surface area contributed by atoms with Crippen LogP contribution in [0.25, 0.3) is 11.0 Å². The Hall–Kier alpha value is -1.53. The molecule has 0 radical (unpaired) electrons. The normalized spacial score (nSPS) is 27.2. The summed E-state index contributed by atoms with van der Waals surface area (Å²) in [5.41, 5.74) is 6.54. The Labute approximate surface area is 146 Å². The van der Waals surface area contributed by atoms with E-state index in [1.807, 2.05) is 0 Å². The van der Waals surface area contributed by atoms with Gasteiger partial charge in [0.2, 0.25) is 0 Å². The van der Waals surface area contributed by atoms with Crippen molar-refractivity contribution in [1.29, 1.82) is 0 Å². The molecule has 0 saturated carbocycles. The van der Waals surface area contributed by atoms with E-state index in [1.165, 1.54) is 17.1 Å². The molecule has 1 saturated heterocycles. The molecule has 0 spiro atoms. The van der Waals surface area contributed by atoms with Gasteiger partial charge < -0.3 is 29.9 Å². The first-order valence-corrected chi connectivity index (χ1v) is 9.77. The lowest BCUT2D eigenvalue weighted by Gasteiger charge is -2.17. The summed E-state index contributed by atoms with van der Waals surface area (Å²) < 4.78 is 38.0. The summed E-state index contributed by atoms with van der Waals surface area (Å²) in [6, 6.07) is 1.57. The number of nitrogen functional groups attached to an aromatic ring is 1. The topological polar surface area (TPSA) is 199 Å². The first-order valence-electron chi connectivity index (χ1n) is 7.11. The van der Waals surface area contributed by atoms with E-state index < -0.39 is 47.2 Å². The van der Waals surface area contributed by atoms with Crippen LogP contribution in [0.4, 0.5) is 5.82 Å². The molecule has 26 heavy (non-hydrogen) atoms. The molecule has 2 aromatic rings. The molecule has 6 N–H and O–H groups in total. The number of phosphoric acid groups is 1. The van der Waals surface area contributed by atoms with Crippen LogP contribution in [0, 0.1) is 0 Å². The van der Waals surface area contributed by atoms with E-state index in [0.29, 0.717) is 11.0 Å². The van der Waals surface area contributed by atoms with Gasteiger partial charge in [0.05, 0.1) is 18.5 Å². The number of imidazole rings is 1. The maximum absolute atomic E-state index is 11.0. The third-order valence-electron chi connectivity index (χ3n) is 3.72. The number of aromatic nitrogens is 3. The van der Waals surface area contributed by atoms with Crippen LogP contribution in [0.2, 0.25) is 0 Å². The quantitative estimate of drug-likeness (QED) is 0.381. The molecule has 13 nitrogen and oxygen atoms in total. The van der Waals surface area contributed by atoms with Crippen LogP contribution < -0.4 is 5.73 Å². The summed E-state index contributed by atoms with van der Waals surface area (Å²) >= 11 is 0. The van der Waals surface area contributed by atoms with Crippen molar-refractivity contribution < 1.29 is 42.7 Å². The zero-order valence-electron chi connectivity index (χ0n) is 12.9. The van der Waals surface area contributed by atoms with Crippen LogP contribution in [0.15, 0.2) is 18.6 Å². The van der Waals surface area contributed by atoms with Gasteiger partial charge in [0, 0.05) is 10.8 Å². The highest BCUT2D eigenvalue weighted by Gasteiger charge is 2.50. The average molecular weight is 409 g/mol. The highest BCUT2D eigenvalue weighted by Crippen LogP contribution is 2.41. The molecule has 1 aliphatic rings. The molecule has 2 unspecified atom stereocenters. The highest BCUT2D eigenvalue weighted by molar-refractivity contribution is 7.46. The second-order valence-electron chi connectivity index (χ2n) is 5.37. The predicted molar refractivity (Wildman–Crippen MR) is 84.6 cm³/mol. The Morgan fingerprint density at radius 1 is 1.42 bits per heavy atom. The van der Waals surface area contributed by atoms with Gasteiger partial charge in [0.1, 0.15) is 17.7 Å². The minimum atomic E-state index is -4.82. The Kier molecular flexibility index (Phi) is 5.35. The molecule has 15 heteroatoms. The van der Waals surface area contributed by atoms with Crippen molar-refractivity contribution >= 4 is 32.9 Å². The summed E-state index contributed by atoms with van der Waals surface area (Å²) in [7, 11) is -7.93. The zero-order valence-corrected chi connectivity index (χ0v) is 14.7. The fourth-order valence-electron chi connectivity index (χ4n) is 2.67. The fourth-order valence-corrected chi connectivity index (χ4v) is 3.48. The smallest absolute Gasteiger partial charge is 0.385 e. The summed E-state index contributed by atoms with van der Waals surface area (Å²) in [6.07, 6.45) is -2.46. The predicted octanol–water partition coefficient (Wildman–Crippen LogP) is -0.584. The van der Waals surface area contributed by atoms with E-state index in [-0.39, 0.29) is 5.82 Å². The van der Waals surface area contributed by atoms with Crippen LogP contribution in [-0.4, -0.2) is 59.2 Å². The molecule has 0 aromatic carbocycles. The maximum atomic E-state index is 11.0. The second-order valence-corrected chi connectivity index (χ2v) is 7.29. The molecule has 2 aromatic heterocycles. The highest BCUT2D eigenvalue weighted by atomic mass is 31.2. The van der Waals surface area contributed by atoms with E-state index in [4.69, 9.17) is 29.7 Å². The lowest BCUT2D eigenvalue weighted by molar-refractivity contribution is -0.0495. The molecule has 3 heterocycles. The summed E-state index contributed by atoms with van der Waals surface area (Å²) in [5, 5.41) is 10.5. The molecular formula is C11H15N4O9P2+. The largest absolute Gasteiger partial charge is 0.695 e. The van der Waals surface area contributed by atoms with Crippen molar-refractivity contribution in [1.82, 2.24) is 14.5 Å². The Bertz CT molecular complexity index is 870. The fraction of sp³-hybridized carbons (Fsp3) is 0.455. The maximum Gasteiger partial charge on any atom is 0.695 e. The number of hydrogen-bond donors (Lipinski definition) is 5. The standard InChI is InChI=1S/C11H14N4O9P2/c12-10-7-5(1-2-13-10)15(4-14-7)11-8(16)9(24-25(17)18)6(23-11)3-22-26(19,20)21/h1-2,4,6,8-9,11,16H,3H2,(H4-,12,13,17,18,19,20,21)/p+1/t6-,8-,9?,11-/m1/s1. The van der Waals surface area contributed by atoms with E-state index in [2.05, 4.69) is 14.5 Å². The molecule has 0 amide bonds. The van der Waals surface area contributed by atoms with Crippen molar-refractivity contribution in [3.05, 3.63) is 18.6 Å². The number of aliphatic hydroxyl groups is 1. The zero-order chi connectivity index (χ0) is 19.1. The van der Waals surface area contributed by atoms with E-state index in [1.54, 1.807) is 6.07 Å². The van der Waals surface area contributed by atoms with Crippen LogP contribution in [0.5, 0.6) is 0 Å². The molecule has 0 aliphatic carbocycles. The SMILES string of the molecule is Nc1nccc2c1ncn2[C@@H]1O[C@H](COP(=O)(O)O)C(O[P+](=O)O)[C@H]1O. The van der Waals surface area contributed by atoms with Gasteiger partial charge >= 0.3 is 16.1 Å². The first-order chi connectivity index (χ1) is 12.2. The minimum Gasteiger partial charge on any atom is -0.385 e. The molecule has 3 rings (SSSR count). The van der Waals surface area contributed by atoms with Gasteiger partial charge in [-0.15, -0.1) is 9.42 Å². The minimum absolute atomic E-state index is 0.154. The van der Waals surface area contributed by atoms with Crippen molar-refractivity contribution in [2.75, 3.05) is 12.3 Å². The van der Waals surface area contributed by atoms with Gasteiger partial charge in [0.15, 0.2) is 18.1 Å². The number of fused-ring (bicyclic) bond motifs is 1. The summed E-state index contributed by atoms with van der Waals surface area (Å²) in [6.45, 7) is -0.679. The van der Waals surface area contributed by atoms with Gasteiger partial charge in [-0.2, -0.15) is 0 Å². The molecule has 0 bridgehead atoms. The number of nitrogens with two attached hydrogens (primary N) is 1. The number of ether oxygens (including phenoxy) is 1. The lowest BCUT2D eigenvalue weighted by Crippen LogP contribution is -2.35. The Morgan fingerprint density at radius 3 is 2.81 bits per heavy atom. The van der Waals surface area contributed by atoms with Crippen LogP contribution in [-0.2, 0) is 22.9 Å². The first kappa shape index (κ1) is 19.2. The van der Waals surface area contributed by atoms with Gasteiger partial charge in [0.25, 0.3) is 0 Å². The van der Waals surface area contributed by atoms with E-state index >= 15 is 0 Å². The number of hydrogen-bond acceptors (Lipinski definition) is 9. The number of rotatable bonds is 6. The molecular weight excluding hydrogens is 394 g/mol. The van der Waals surface area contributed by atoms with Crippen LogP contribution in [0.3, 0.4) is 0 Å². The number of pyridine rings is 1. The third kappa shape index (κ3) is 3.91. The number of anilines is 1. The van der Waals surface area contributed by atoms with Crippen LogP contribution >= 0.6 is 16.1 Å². The second kappa shape index (κ2) is 7.24. The van der Waals surface area contributed by atoms with Crippen molar-refractivity contribution in [2.24, 2.45) is 0 Å². The lowest BCUT2D eigenvalue weighted by atomic mass is 10.1. The Morgan fingerprint density at radius 2 is 2.15 bits per heavy atom. The Balaban J connectivity index is 1.91. The van der Waals surface area contributed by atoms with Gasteiger partial charge in [-0.25, -0.2) is 14.5 Å². The number of aliphatic hydroxyl groups excluding tert-OH is 1. The van der Waals surface area contributed by atoms with Crippen LogP contribution in [0.1, 0.15) is 6.23 Å². The third-order valence-corrected chi connectivity index (χ3v) is 4.63. The van der Waals surface area contributed by atoms with Crippen molar-refractivity contribution in [3.8, 4) is 0 Å². The van der Waals surface area contributed by atoms with Gasteiger partial charge in [-0.1, -0.05) is 0 Å². The van der Waals surface area contributed by atoms with Crippen molar-refractivity contribution in [3.63, 3.8) is 0 Å². The average Bonchev–Trinajstić information content (AvgIpc) is 3.08. The monoisotopic (exact) mass is 409 g/mol. The molecule has 5 atom stereocenters. The summed E-state index contributed by atoms with van der Waals surface area (Å²) in [4.78, 5) is 34.6. The number of nitrogens with zero attached hydrogens (tertiary/aromatic N) is 3. The van der Waals surface area contributed by atoms with E-state index in [0.717, 1.165) is 0 Å². The molecule has 1 fully saturated rings. The number of phosphoric ester groups is 1. The molecule has 1 aliphatic heterocycles. The van der Waals surface area contributed by atoms with E-state index in [9.17, 15) is 14.2 Å². The van der Waals surface area contributed by atoms with Gasteiger partial charge in [-0.05, 0) is 6.07 Å². The van der Waals surface area contributed by atoms with Gasteiger partial charge in [-0.3, -0.25) is 4.52 Å². The molecule has 142 valence electrons. The van der Waals surface area contributed by atoms with Crippen molar-refractivity contribution in [2.45, 2.75) is 24.5 Å². The summed E-state index contributed by atoms with van der Waals surface area (Å²) in [5.74, 6) is 0.154.